The van der Waals surface area contributed by atoms with E-state index in [0.717, 1.165) is 0 Å². The van der Waals surface area contributed by atoms with Crippen LogP contribution < -0.4 is 11.3 Å². The minimum atomic E-state index is -0.771. The average molecular weight is 268 g/mol. The van der Waals surface area contributed by atoms with Gasteiger partial charge < -0.3 is 20.7 Å². The monoisotopic (exact) mass is 268 g/mol. The quantitative estimate of drug-likeness (QED) is 0.511. The maximum absolute atomic E-state index is 11.6. The van der Waals surface area contributed by atoms with E-state index in [9.17, 15) is 9.90 Å². The molecule has 1 saturated heterocycles. The van der Waals surface area contributed by atoms with Crippen LogP contribution in [0.1, 0.15) is 12.6 Å². The minimum Gasteiger partial charge on any atom is -0.394 e. The molecule has 1 aliphatic heterocycles. The fourth-order valence-electron chi connectivity index (χ4n) is 2.20. The third kappa shape index (κ3) is 1.87. The average Bonchev–Trinajstić information content (AvgIpc) is 2.92. The van der Waals surface area contributed by atoms with Gasteiger partial charge in [-0.2, -0.15) is 4.98 Å². The summed E-state index contributed by atoms with van der Waals surface area (Å²) >= 11 is 0. The molecule has 0 amide bonds. The number of ether oxygens (including phenoxy) is 1. The van der Waals surface area contributed by atoms with Crippen molar-refractivity contribution in [2.45, 2.75) is 24.9 Å². The number of nitrogens with one attached hydrogen (secondary N) is 1. The Morgan fingerprint density at radius 2 is 2.42 bits per heavy atom. The minimum absolute atomic E-state index is 0.0171. The molecule has 1 aliphatic rings. The number of aliphatic hydroxyl groups is 2. The second kappa shape index (κ2) is 4.30. The third-order valence-electron chi connectivity index (χ3n) is 3.15. The van der Waals surface area contributed by atoms with Crippen molar-refractivity contribution < 1.29 is 14.9 Å². The number of rotatable bonds is 2. The first-order valence-electron chi connectivity index (χ1n) is 5.77. The van der Waals surface area contributed by atoms with Crippen molar-refractivity contribution in [3.8, 4) is 0 Å². The molecule has 1 fully saturated rings. The van der Waals surface area contributed by atoms with Gasteiger partial charge in [0.2, 0.25) is 5.95 Å². The Morgan fingerprint density at radius 1 is 1.63 bits per heavy atom. The molecule has 0 aromatic carbocycles. The van der Waals surface area contributed by atoms with E-state index in [4.69, 9.17) is 15.6 Å². The number of hydrogen-bond acceptors (Lipinski definition) is 7. The number of nitrogen functional groups attached to an aromatic ring is 1. The standard InChI is InChI=1S/C10H13N5O4/c11-10-13-8-7(9(18)14-10)12-3-15(8)6-1-4(17)5(2-16)19-6/h3-6,16-17H,1-2H2,(H3,11,13,14,18)/t4-,5+,6+/m0/s1/i10+1. The summed E-state index contributed by atoms with van der Waals surface area (Å²) in [6.07, 6.45) is -0.270. The molecule has 0 spiro atoms. The lowest BCUT2D eigenvalue weighted by Gasteiger charge is -2.13. The first-order valence-corrected chi connectivity index (χ1v) is 5.77. The molecule has 0 aliphatic carbocycles. The van der Waals surface area contributed by atoms with Gasteiger partial charge in [-0.05, 0) is 0 Å². The van der Waals surface area contributed by atoms with Gasteiger partial charge >= 0.3 is 0 Å². The second-order valence-corrected chi connectivity index (χ2v) is 4.39. The lowest BCUT2D eigenvalue weighted by atomic mass is 10.2. The Bertz CT molecular complexity index is 665. The van der Waals surface area contributed by atoms with Crippen LogP contribution in [0.4, 0.5) is 5.95 Å². The summed E-state index contributed by atoms with van der Waals surface area (Å²) in [6.45, 7) is -0.277. The van der Waals surface area contributed by atoms with Crippen molar-refractivity contribution in [1.29, 1.82) is 0 Å². The van der Waals surface area contributed by atoms with Crippen LogP contribution in [0.15, 0.2) is 11.1 Å². The zero-order valence-corrected chi connectivity index (χ0v) is 9.85. The second-order valence-electron chi connectivity index (χ2n) is 4.39. The van der Waals surface area contributed by atoms with Crippen LogP contribution in [0.5, 0.6) is 0 Å². The number of H-pyrrole nitrogens is 1. The molecule has 3 rings (SSSR count). The van der Waals surface area contributed by atoms with E-state index >= 15 is 0 Å². The van der Waals surface area contributed by atoms with E-state index in [1.165, 1.54) is 10.9 Å². The molecule has 19 heavy (non-hydrogen) atoms. The first-order chi connectivity index (χ1) is 9.10. The number of anilines is 1. The molecule has 0 saturated carbocycles. The van der Waals surface area contributed by atoms with Gasteiger partial charge in [0, 0.05) is 6.42 Å². The van der Waals surface area contributed by atoms with Crippen LogP contribution >= 0.6 is 0 Å². The number of aromatic nitrogens is 4. The highest BCUT2D eigenvalue weighted by atomic mass is 16.5. The maximum Gasteiger partial charge on any atom is 0.280 e. The number of fused-ring (bicyclic) bond motifs is 1. The van der Waals surface area contributed by atoms with Gasteiger partial charge in [0.05, 0.1) is 19.0 Å². The van der Waals surface area contributed by atoms with Gasteiger partial charge in [-0.3, -0.25) is 14.3 Å². The zero-order valence-electron chi connectivity index (χ0n) is 9.85. The topological polar surface area (TPSA) is 139 Å². The fraction of sp³-hybridized carbons (Fsp3) is 0.500. The molecule has 0 unspecified atom stereocenters. The lowest BCUT2D eigenvalue weighted by Crippen LogP contribution is -2.24. The van der Waals surface area contributed by atoms with Gasteiger partial charge in [-0.15, -0.1) is 0 Å². The smallest absolute Gasteiger partial charge is 0.280 e. The number of hydrogen-bond donors (Lipinski definition) is 4. The van der Waals surface area contributed by atoms with E-state index in [0.29, 0.717) is 0 Å². The third-order valence-corrected chi connectivity index (χ3v) is 3.15. The number of nitrogens with two attached hydrogens (primary N) is 1. The van der Waals surface area contributed by atoms with Crippen LogP contribution in [0.2, 0.25) is 0 Å². The Kier molecular flexibility index (Phi) is 2.73. The van der Waals surface area contributed by atoms with Crippen LogP contribution in [-0.2, 0) is 4.74 Å². The summed E-state index contributed by atoms with van der Waals surface area (Å²) in [5.74, 6) is -0.0171. The SMILES string of the molecule is N[13c]1nc2c(ncn2[C@H]2C[C@H](O)[C@@H](CO)O2)c(=O)[nH]1. The van der Waals surface area contributed by atoms with E-state index in [1.807, 2.05) is 0 Å². The molecule has 0 bridgehead atoms. The number of nitrogens with zero attached hydrogens (tertiary/aromatic N) is 3. The van der Waals surface area contributed by atoms with Crippen molar-refractivity contribution >= 4 is 17.1 Å². The maximum atomic E-state index is 11.6. The van der Waals surface area contributed by atoms with Crippen LogP contribution in [0.25, 0.3) is 11.2 Å². The van der Waals surface area contributed by atoms with Crippen LogP contribution in [0.3, 0.4) is 0 Å². The largest absolute Gasteiger partial charge is 0.394 e. The highest BCUT2D eigenvalue weighted by Gasteiger charge is 2.35. The highest BCUT2D eigenvalue weighted by molar-refractivity contribution is 5.70. The van der Waals surface area contributed by atoms with Crippen molar-refractivity contribution in [2.24, 2.45) is 0 Å². The predicted octanol–water partition coefficient (Wildman–Crippen LogP) is -1.66. The number of aromatic amines is 1. The highest BCUT2D eigenvalue weighted by Crippen LogP contribution is 2.30. The lowest BCUT2D eigenvalue weighted by molar-refractivity contribution is -0.0432. The fourth-order valence-corrected chi connectivity index (χ4v) is 2.20. The Balaban J connectivity index is 2.05. The molecule has 0 radical (unpaired) electrons. The van der Waals surface area contributed by atoms with Crippen molar-refractivity contribution in [1.82, 2.24) is 19.5 Å². The summed E-state index contributed by atoms with van der Waals surface area (Å²) in [5.41, 5.74) is 5.50. The normalized spacial score (nSPS) is 27.2. The number of imidazole rings is 1. The van der Waals surface area contributed by atoms with Gasteiger partial charge in [0.1, 0.15) is 12.3 Å². The Hall–Kier alpha value is -1.97. The zero-order chi connectivity index (χ0) is 13.6. The Labute approximate surface area is 106 Å². The molecular formula is C10H13N5O4. The van der Waals surface area contributed by atoms with E-state index in [2.05, 4.69) is 15.0 Å². The molecule has 3 atom stereocenters. The van der Waals surface area contributed by atoms with Crippen LogP contribution in [0, 0.1) is 0 Å². The molecule has 2 aromatic heterocycles. The first kappa shape index (κ1) is 12.1. The Morgan fingerprint density at radius 3 is 3.11 bits per heavy atom. The molecule has 5 N–H and O–H groups in total. The van der Waals surface area contributed by atoms with E-state index in [-0.39, 0.29) is 30.1 Å². The summed E-state index contributed by atoms with van der Waals surface area (Å²) in [5, 5.41) is 18.8. The molecule has 3 heterocycles. The van der Waals surface area contributed by atoms with E-state index < -0.39 is 24.0 Å². The van der Waals surface area contributed by atoms with Gasteiger partial charge in [0.15, 0.2) is 11.2 Å². The van der Waals surface area contributed by atoms with E-state index in [1.54, 1.807) is 0 Å². The van der Waals surface area contributed by atoms with Crippen molar-refractivity contribution in [3.63, 3.8) is 0 Å². The molecule has 102 valence electrons. The van der Waals surface area contributed by atoms with Crippen molar-refractivity contribution in [3.05, 3.63) is 16.7 Å². The summed E-state index contributed by atoms with van der Waals surface area (Å²) < 4.78 is 7.01. The number of aliphatic hydroxyl groups excluding tert-OH is 2. The van der Waals surface area contributed by atoms with Gasteiger partial charge in [0.25, 0.3) is 5.56 Å². The van der Waals surface area contributed by atoms with Crippen LogP contribution in [-0.4, -0.2) is 48.5 Å². The predicted molar refractivity (Wildman–Crippen MR) is 64.2 cm³/mol. The molecule has 9 nitrogen and oxygen atoms in total. The molecule has 9 heteroatoms. The van der Waals surface area contributed by atoms with Gasteiger partial charge in [-0.1, -0.05) is 0 Å². The van der Waals surface area contributed by atoms with Gasteiger partial charge in [-0.25, -0.2) is 4.98 Å². The molecular weight excluding hydrogens is 255 g/mol. The summed E-state index contributed by atoms with van der Waals surface area (Å²) in [4.78, 5) is 22.0. The van der Waals surface area contributed by atoms with Crippen molar-refractivity contribution in [2.75, 3.05) is 12.3 Å². The summed E-state index contributed by atoms with van der Waals surface area (Å²) in [6, 6.07) is 0. The molecule has 2 aromatic rings. The summed E-state index contributed by atoms with van der Waals surface area (Å²) in [7, 11) is 0.